The SMILES string of the molecule is CC(C1CNc2ccccc21)C(C)(C)C. The Balaban J connectivity index is 2.28. The van der Waals surface area contributed by atoms with Gasteiger partial charge in [-0.25, -0.2) is 0 Å². The van der Waals surface area contributed by atoms with E-state index in [0.717, 1.165) is 6.54 Å². The third-order valence-electron chi connectivity index (χ3n) is 3.84. The van der Waals surface area contributed by atoms with Gasteiger partial charge >= 0.3 is 0 Å². The zero-order valence-electron chi connectivity index (χ0n) is 10.2. The van der Waals surface area contributed by atoms with Crippen molar-refractivity contribution in [2.75, 3.05) is 11.9 Å². The Hall–Kier alpha value is -0.980. The van der Waals surface area contributed by atoms with Crippen molar-refractivity contribution in [3.63, 3.8) is 0 Å². The second-order valence-corrected chi connectivity index (χ2v) is 5.73. The first-order valence-electron chi connectivity index (χ1n) is 5.83. The number of hydrogen-bond acceptors (Lipinski definition) is 1. The van der Waals surface area contributed by atoms with E-state index in [4.69, 9.17) is 0 Å². The zero-order valence-corrected chi connectivity index (χ0v) is 10.2. The van der Waals surface area contributed by atoms with E-state index < -0.39 is 0 Å². The number of anilines is 1. The molecule has 0 spiro atoms. The van der Waals surface area contributed by atoms with Crippen molar-refractivity contribution < 1.29 is 0 Å². The largest absolute Gasteiger partial charge is 0.384 e. The molecule has 1 heterocycles. The molecule has 1 N–H and O–H groups in total. The van der Waals surface area contributed by atoms with E-state index in [1.165, 1.54) is 11.3 Å². The van der Waals surface area contributed by atoms with Gasteiger partial charge in [0.2, 0.25) is 0 Å². The molecule has 0 aliphatic carbocycles. The summed E-state index contributed by atoms with van der Waals surface area (Å²) in [5.41, 5.74) is 3.21. The van der Waals surface area contributed by atoms with E-state index in [-0.39, 0.29) is 0 Å². The summed E-state index contributed by atoms with van der Waals surface area (Å²) in [6.07, 6.45) is 0. The van der Waals surface area contributed by atoms with Crippen LogP contribution in [0.3, 0.4) is 0 Å². The topological polar surface area (TPSA) is 12.0 Å². The summed E-state index contributed by atoms with van der Waals surface area (Å²) in [6, 6.07) is 8.71. The van der Waals surface area contributed by atoms with Gasteiger partial charge in [-0.05, 0) is 23.0 Å². The number of para-hydroxylation sites is 1. The lowest BCUT2D eigenvalue weighted by atomic mass is 9.72. The molecule has 1 nitrogen and oxygen atoms in total. The van der Waals surface area contributed by atoms with Crippen molar-refractivity contribution in [2.45, 2.75) is 33.6 Å². The highest BCUT2D eigenvalue weighted by Gasteiger charge is 2.33. The summed E-state index contributed by atoms with van der Waals surface area (Å²) in [7, 11) is 0. The van der Waals surface area contributed by atoms with Gasteiger partial charge in [0.05, 0.1) is 0 Å². The van der Waals surface area contributed by atoms with E-state index in [0.29, 0.717) is 17.3 Å². The summed E-state index contributed by atoms with van der Waals surface area (Å²) in [5.74, 6) is 1.37. The van der Waals surface area contributed by atoms with Crippen LogP contribution in [0.25, 0.3) is 0 Å². The number of hydrogen-bond donors (Lipinski definition) is 1. The van der Waals surface area contributed by atoms with Crippen LogP contribution in [0.2, 0.25) is 0 Å². The molecule has 0 aromatic heterocycles. The number of fused-ring (bicyclic) bond motifs is 1. The molecule has 0 amide bonds. The fraction of sp³-hybridized carbons (Fsp3) is 0.571. The maximum atomic E-state index is 3.50. The summed E-state index contributed by atoms with van der Waals surface area (Å²) in [6.45, 7) is 10.5. The minimum absolute atomic E-state index is 0.379. The van der Waals surface area contributed by atoms with Gasteiger partial charge in [-0.15, -0.1) is 0 Å². The van der Waals surface area contributed by atoms with Crippen molar-refractivity contribution in [1.29, 1.82) is 0 Å². The van der Waals surface area contributed by atoms with E-state index in [9.17, 15) is 0 Å². The Labute approximate surface area is 92.9 Å². The molecule has 0 saturated heterocycles. The lowest BCUT2D eigenvalue weighted by Gasteiger charge is -2.32. The van der Waals surface area contributed by atoms with Crippen LogP contribution in [-0.4, -0.2) is 6.54 Å². The molecule has 82 valence electrons. The van der Waals surface area contributed by atoms with Crippen LogP contribution in [-0.2, 0) is 0 Å². The van der Waals surface area contributed by atoms with Gasteiger partial charge in [0.1, 0.15) is 0 Å². The van der Waals surface area contributed by atoms with Gasteiger partial charge in [0.25, 0.3) is 0 Å². The highest BCUT2D eigenvalue weighted by molar-refractivity contribution is 5.57. The van der Waals surface area contributed by atoms with Crippen molar-refractivity contribution in [2.24, 2.45) is 11.3 Å². The van der Waals surface area contributed by atoms with E-state index in [1.54, 1.807) is 0 Å². The summed E-state index contributed by atoms with van der Waals surface area (Å²) < 4.78 is 0. The van der Waals surface area contributed by atoms with Crippen molar-refractivity contribution in [3.8, 4) is 0 Å². The second-order valence-electron chi connectivity index (χ2n) is 5.73. The van der Waals surface area contributed by atoms with Crippen molar-refractivity contribution in [1.82, 2.24) is 0 Å². The van der Waals surface area contributed by atoms with E-state index in [1.807, 2.05) is 0 Å². The predicted octanol–water partition coefficient (Wildman–Crippen LogP) is 3.88. The number of nitrogens with one attached hydrogen (secondary N) is 1. The molecule has 1 aromatic carbocycles. The molecule has 2 atom stereocenters. The molecule has 2 unspecified atom stereocenters. The fourth-order valence-electron chi connectivity index (χ4n) is 2.36. The first kappa shape index (κ1) is 10.5. The average molecular weight is 203 g/mol. The van der Waals surface area contributed by atoms with Crippen LogP contribution in [0.1, 0.15) is 39.2 Å². The van der Waals surface area contributed by atoms with Crippen LogP contribution in [0, 0.1) is 11.3 Å². The van der Waals surface area contributed by atoms with Gasteiger partial charge in [-0.2, -0.15) is 0 Å². The molecule has 0 fully saturated rings. The molecule has 15 heavy (non-hydrogen) atoms. The van der Waals surface area contributed by atoms with E-state index in [2.05, 4.69) is 57.3 Å². The second kappa shape index (κ2) is 3.55. The smallest absolute Gasteiger partial charge is 0.0376 e. The molecule has 1 aliphatic heterocycles. The molecule has 1 heteroatoms. The Morgan fingerprint density at radius 2 is 1.93 bits per heavy atom. The van der Waals surface area contributed by atoms with Crippen LogP contribution in [0.15, 0.2) is 24.3 Å². The first-order chi connectivity index (χ1) is 7.00. The molecule has 0 bridgehead atoms. The van der Waals surface area contributed by atoms with Crippen LogP contribution in [0.5, 0.6) is 0 Å². The van der Waals surface area contributed by atoms with Crippen LogP contribution >= 0.6 is 0 Å². The first-order valence-corrected chi connectivity index (χ1v) is 5.83. The molecular formula is C14H21N. The molecule has 2 rings (SSSR count). The Morgan fingerprint density at radius 3 is 2.60 bits per heavy atom. The lowest BCUT2D eigenvalue weighted by Crippen LogP contribution is -2.25. The van der Waals surface area contributed by atoms with Gasteiger partial charge in [0, 0.05) is 18.2 Å². The highest BCUT2D eigenvalue weighted by atomic mass is 14.9. The van der Waals surface area contributed by atoms with Gasteiger partial charge in [-0.3, -0.25) is 0 Å². The third-order valence-corrected chi connectivity index (χ3v) is 3.84. The average Bonchev–Trinajstić information content (AvgIpc) is 2.58. The van der Waals surface area contributed by atoms with E-state index >= 15 is 0 Å². The van der Waals surface area contributed by atoms with Crippen LogP contribution < -0.4 is 5.32 Å². The molecule has 1 aromatic rings. The minimum Gasteiger partial charge on any atom is -0.384 e. The Kier molecular flexibility index (Phi) is 2.49. The van der Waals surface area contributed by atoms with Crippen LogP contribution in [0.4, 0.5) is 5.69 Å². The number of rotatable bonds is 1. The fourth-order valence-corrected chi connectivity index (χ4v) is 2.36. The maximum absolute atomic E-state index is 3.50. The summed E-state index contributed by atoms with van der Waals surface area (Å²) >= 11 is 0. The van der Waals surface area contributed by atoms with Crippen molar-refractivity contribution >= 4 is 5.69 Å². The molecule has 0 saturated carbocycles. The summed E-state index contributed by atoms with van der Waals surface area (Å²) in [5, 5.41) is 3.50. The lowest BCUT2D eigenvalue weighted by molar-refractivity contribution is 0.228. The van der Waals surface area contributed by atoms with Gasteiger partial charge in [0.15, 0.2) is 0 Å². The van der Waals surface area contributed by atoms with Gasteiger partial charge in [-0.1, -0.05) is 45.9 Å². The maximum Gasteiger partial charge on any atom is 0.0376 e. The Morgan fingerprint density at radius 1 is 1.27 bits per heavy atom. The Bertz CT molecular complexity index is 349. The molecule has 1 aliphatic rings. The zero-order chi connectivity index (χ0) is 11.1. The quantitative estimate of drug-likeness (QED) is 0.730. The van der Waals surface area contributed by atoms with Gasteiger partial charge < -0.3 is 5.32 Å². The predicted molar refractivity (Wildman–Crippen MR) is 66.3 cm³/mol. The number of benzene rings is 1. The monoisotopic (exact) mass is 203 g/mol. The van der Waals surface area contributed by atoms with Crippen molar-refractivity contribution in [3.05, 3.63) is 29.8 Å². The molecular weight excluding hydrogens is 182 g/mol. The highest BCUT2D eigenvalue weighted by Crippen LogP contribution is 2.43. The standard InChI is InChI=1S/C14H21N/c1-10(14(2,3)4)12-9-15-13-8-6-5-7-11(12)13/h5-8,10,12,15H,9H2,1-4H3. The minimum atomic E-state index is 0.379. The molecule has 0 radical (unpaired) electrons. The third kappa shape index (κ3) is 1.88. The normalized spacial score (nSPS) is 22.0. The summed E-state index contributed by atoms with van der Waals surface area (Å²) in [4.78, 5) is 0.